The molecule has 0 aliphatic carbocycles. The first-order chi connectivity index (χ1) is 8.74. The number of fused-ring (bicyclic) bond motifs is 1. The molecule has 0 fully saturated rings. The van der Waals surface area contributed by atoms with Crippen LogP contribution >= 0.6 is 11.8 Å². The summed E-state index contributed by atoms with van der Waals surface area (Å²) in [6.45, 7) is 0.870. The summed E-state index contributed by atoms with van der Waals surface area (Å²) < 4.78 is 2.00. The van der Waals surface area contributed by atoms with Gasteiger partial charge >= 0.3 is 0 Å². The summed E-state index contributed by atoms with van der Waals surface area (Å²) in [6.07, 6.45) is 3.54. The zero-order chi connectivity index (χ0) is 12.5. The standard InChI is InChI=1S/C14H14N2OS/c15-12-8-16(6-5-13(12)17)7-10-9-18-14-4-2-1-3-11(10)14/h1-6,8,10H,7,9,15H2. The molecule has 1 aromatic carbocycles. The number of rotatable bonds is 2. The van der Waals surface area contributed by atoms with Crippen molar-refractivity contribution in [3.63, 3.8) is 0 Å². The van der Waals surface area contributed by atoms with E-state index >= 15 is 0 Å². The topological polar surface area (TPSA) is 48.0 Å². The van der Waals surface area contributed by atoms with E-state index in [1.54, 1.807) is 6.20 Å². The largest absolute Gasteiger partial charge is 0.394 e. The summed E-state index contributed by atoms with van der Waals surface area (Å²) in [5, 5.41) is 0. The van der Waals surface area contributed by atoms with Crippen LogP contribution in [0.5, 0.6) is 0 Å². The molecular weight excluding hydrogens is 244 g/mol. The molecule has 0 spiro atoms. The molecule has 3 nitrogen and oxygen atoms in total. The monoisotopic (exact) mass is 258 g/mol. The molecule has 4 heteroatoms. The Balaban J connectivity index is 1.86. The number of hydrogen-bond donors (Lipinski definition) is 1. The van der Waals surface area contributed by atoms with E-state index in [-0.39, 0.29) is 5.43 Å². The van der Waals surface area contributed by atoms with E-state index in [0.717, 1.165) is 12.3 Å². The van der Waals surface area contributed by atoms with Crippen LogP contribution in [-0.2, 0) is 6.54 Å². The number of benzene rings is 1. The highest BCUT2D eigenvalue weighted by Crippen LogP contribution is 2.39. The lowest BCUT2D eigenvalue weighted by Gasteiger charge is -2.13. The van der Waals surface area contributed by atoms with Gasteiger partial charge in [-0.3, -0.25) is 4.79 Å². The van der Waals surface area contributed by atoms with Crippen molar-refractivity contribution in [3.8, 4) is 0 Å². The van der Waals surface area contributed by atoms with Crippen LogP contribution in [-0.4, -0.2) is 10.3 Å². The second-order valence-electron chi connectivity index (χ2n) is 4.51. The Morgan fingerprint density at radius 1 is 1.33 bits per heavy atom. The molecule has 2 N–H and O–H groups in total. The molecule has 1 aliphatic rings. The number of anilines is 1. The normalized spacial score (nSPS) is 17.7. The first-order valence-electron chi connectivity index (χ1n) is 5.91. The number of hydrogen-bond acceptors (Lipinski definition) is 3. The molecule has 0 bridgehead atoms. The maximum absolute atomic E-state index is 11.3. The van der Waals surface area contributed by atoms with E-state index in [2.05, 4.69) is 24.3 Å². The van der Waals surface area contributed by atoms with Crippen molar-refractivity contribution in [3.05, 3.63) is 58.5 Å². The summed E-state index contributed by atoms with van der Waals surface area (Å²) >= 11 is 1.90. The van der Waals surface area contributed by atoms with E-state index in [9.17, 15) is 4.79 Å². The zero-order valence-corrected chi connectivity index (χ0v) is 10.7. The Hall–Kier alpha value is -1.68. The SMILES string of the molecule is Nc1cn(CC2CSc3ccccc32)ccc1=O. The van der Waals surface area contributed by atoms with Gasteiger partial charge < -0.3 is 10.3 Å². The van der Waals surface area contributed by atoms with Gasteiger partial charge in [-0.05, 0) is 11.6 Å². The smallest absolute Gasteiger partial charge is 0.204 e. The first kappa shape index (κ1) is 11.4. The van der Waals surface area contributed by atoms with Crippen LogP contribution in [0.15, 0.2) is 52.4 Å². The number of nitrogens with zero attached hydrogens (tertiary/aromatic N) is 1. The lowest BCUT2D eigenvalue weighted by atomic mass is 10.0. The minimum atomic E-state index is -0.104. The quantitative estimate of drug-likeness (QED) is 0.899. The number of pyridine rings is 1. The van der Waals surface area contributed by atoms with Gasteiger partial charge in [0.15, 0.2) is 0 Å². The summed E-state index contributed by atoms with van der Waals surface area (Å²) in [4.78, 5) is 12.6. The average molecular weight is 258 g/mol. The molecule has 3 rings (SSSR count). The van der Waals surface area contributed by atoms with Gasteiger partial charge in [-0.2, -0.15) is 0 Å². The molecular formula is C14H14N2OS. The van der Waals surface area contributed by atoms with Crippen molar-refractivity contribution in [1.82, 2.24) is 4.57 Å². The van der Waals surface area contributed by atoms with Gasteiger partial charge in [0.2, 0.25) is 5.43 Å². The fraction of sp³-hybridized carbons (Fsp3) is 0.214. The second-order valence-corrected chi connectivity index (χ2v) is 5.57. The molecule has 1 aromatic heterocycles. The highest BCUT2D eigenvalue weighted by atomic mass is 32.2. The van der Waals surface area contributed by atoms with Crippen molar-refractivity contribution < 1.29 is 0 Å². The Morgan fingerprint density at radius 2 is 2.17 bits per heavy atom. The van der Waals surface area contributed by atoms with Crippen LogP contribution in [0.1, 0.15) is 11.5 Å². The Bertz CT molecular complexity index is 636. The van der Waals surface area contributed by atoms with Crippen molar-refractivity contribution in [2.75, 3.05) is 11.5 Å². The minimum absolute atomic E-state index is 0.104. The average Bonchev–Trinajstić information content (AvgIpc) is 2.78. The molecule has 0 amide bonds. The van der Waals surface area contributed by atoms with E-state index in [0.29, 0.717) is 11.6 Å². The lowest BCUT2D eigenvalue weighted by Crippen LogP contribution is -2.14. The van der Waals surface area contributed by atoms with E-state index in [1.807, 2.05) is 22.5 Å². The van der Waals surface area contributed by atoms with Crippen LogP contribution < -0.4 is 11.2 Å². The Morgan fingerprint density at radius 3 is 3.00 bits per heavy atom. The predicted molar refractivity (Wildman–Crippen MR) is 75.0 cm³/mol. The number of nitrogens with two attached hydrogens (primary N) is 1. The molecule has 0 radical (unpaired) electrons. The van der Waals surface area contributed by atoms with Gasteiger partial charge in [0.05, 0.1) is 5.69 Å². The van der Waals surface area contributed by atoms with Crippen molar-refractivity contribution in [2.24, 2.45) is 0 Å². The van der Waals surface area contributed by atoms with Gasteiger partial charge in [0.1, 0.15) is 0 Å². The number of aromatic nitrogens is 1. The fourth-order valence-corrected chi connectivity index (χ4v) is 3.54. The maximum Gasteiger partial charge on any atom is 0.204 e. The molecule has 2 aromatic rings. The zero-order valence-electron chi connectivity index (χ0n) is 9.87. The van der Waals surface area contributed by atoms with Crippen LogP contribution in [0.4, 0.5) is 5.69 Å². The summed E-state index contributed by atoms with van der Waals surface area (Å²) in [6, 6.07) is 10.0. The molecule has 0 saturated heterocycles. The van der Waals surface area contributed by atoms with E-state index in [4.69, 9.17) is 5.73 Å². The molecule has 2 heterocycles. The van der Waals surface area contributed by atoms with Crippen LogP contribution in [0.2, 0.25) is 0 Å². The second kappa shape index (κ2) is 4.53. The van der Waals surface area contributed by atoms with Gasteiger partial charge in [-0.1, -0.05) is 18.2 Å². The van der Waals surface area contributed by atoms with Crippen molar-refractivity contribution >= 4 is 17.4 Å². The minimum Gasteiger partial charge on any atom is -0.394 e. The summed E-state index contributed by atoms with van der Waals surface area (Å²) in [7, 11) is 0. The highest BCUT2D eigenvalue weighted by molar-refractivity contribution is 7.99. The summed E-state index contributed by atoms with van der Waals surface area (Å²) in [5.41, 5.74) is 7.27. The lowest BCUT2D eigenvalue weighted by molar-refractivity contribution is 0.603. The Kier molecular flexibility index (Phi) is 2.88. The molecule has 1 unspecified atom stereocenters. The first-order valence-corrected chi connectivity index (χ1v) is 6.90. The third-order valence-corrected chi connectivity index (χ3v) is 4.49. The molecule has 0 saturated carbocycles. The van der Waals surface area contributed by atoms with Gasteiger partial charge in [-0.25, -0.2) is 0 Å². The van der Waals surface area contributed by atoms with Gasteiger partial charge in [0.25, 0.3) is 0 Å². The van der Waals surface area contributed by atoms with Crippen LogP contribution in [0, 0.1) is 0 Å². The predicted octanol–water partition coefficient (Wildman–Crippen LogP) is 2.32. The summed E-state index contributed by atoms with van der Waals surface area (Å²) in [5.74, 6) is 1.58. The molecule has 92 valence electrons. The van der Waals surface area contributed by atoms with Crippen LogP contribution in [0.3, 0.4) is 0 Å². The molecule has 18 heavy (non-hydrogen) atoms. The van der Waals surface area contributed by atoms with Gasteiger partial charge in [-0.15, -0.1) is 11.8 Å². The number of nitrogen functional groups attached to an aromatic ring is 1. The van der Waals surface area contributed by atoms with Crippen LogP contribution in [0.25, 0.3) is 0 Å². The highest BCUT2D eigenvalue weighted by Gasteiger charge is 2.22. The van der Waals surface area contributed by atoms with Crippen molar-refractivity contribution in [1.29, 1.82) is 0 Å². The van der Waals surface area contributed by atoms with E-state index in [1.165, 1.54) is 16.5 Å². The van der Waals surface area contributed by atoms with E-state index < -0.39 is 0 Å². The number of thioether (sulfide) groups is 1. The third kappa shape index (κ3) is 2.04. The maximum atomic E-state index is 11.3. The Labute approximate surface area is 110 Å². The van der Waals surface area contributed by atoms with Gasteiger partial charge in [0, 0.05) is 41.6 Å². The molecule has 1 aliphatic heterocycles. The molecule has 1 atom stereocenters. The fourth-order valence-electron chi connectivity index (χ4n) is 2.29. The third-order valence-electron chi connectivity index (χ3n) is 3.24. The van der Waals surface area contributed by atoms with Crippen molar-refractivity contribution in [2.45, 2.75) is 17.4 Å².